The van der Waals surface area contributed by atoms with Crippen molar-refractivity contribution in [3.63, 3.8) is 0 Å². The molecule has 0 radical (unpaired) electrons. The Morgan fingerprint density at radius 1 is 1.28 bits per heavy atom. The van der Waals surface area contributed by atoms with Crippen molar-refractivity contribution in [2.24, 2.45) is 0 Å². The molecule has 0 fully saturated rings. The van der Waals surface area contributed by atoms with Crippen LogP contribution in [0.4, 0.5) is 4.79 Å². The number of phenols is 1. The molecule has 1 unspecified atom stereocenters. The van der Waals surface area contributed by atoms with Gasteiger partial charge in [-0.15, -0.1) is 0 Å². The average Bonchev–Trinajstić information content (AvgIpc) is 2.52. The zero-order valence-electron chi connectivity index (χ0n) is 15.5. The van der Waals surface area contributed by atoms with Crippen LogP contribution in [0, 0.1) is 0 Å². The number of ether oxygens (including phenoxy) is 2. The lowest BCUT2D eigenvalue weighted by atomic mass is 10.0. The number of likely N-dealkylation sites (N-methyl/N-ethyl adjacent to an activating group) is 1. The molecule has 8 heteroatoms. The number of hydroxylamine groups is 2. The summed E-state index contributed by atoms with van der Waals surface area (Å²) in [6.07, 6.45) is -0.581. The molecule has 1 rings (SSSR count). The van der Waals surface area contributed by atoms with Crippen LogP contribution in [-0.4, -0.2) is 55.1 Å². The van der Waals surface area contributed by atoms with Crippen molar-refractivity contribution >= 4 is 12.0 Å². The number of amides is 2. The first-order chi connectivity index (χ1) is 11.6. The van der Waals surface area contributed by atoms with Gasteiger partial charge in [0.2, 0.25) is 0 Å². The van der Waals surface area contributed by atoms with Crippen LogP contribution >= 0.6 is 0 Å². The number of nitrogens with one attached hydrogen (secondary N) is 1. The van der Waals surface area contributed by atoms with Crippen molar-refractivity contribution in [1.29, 1.82) is 0 Å². The summed E-state index contributed by atoms with van der Waals surface area (Å²) in [5.74, 6) is -0.00932. The normalized spacial score (nSPS) is 12.2. The Labute approximate surface area is 147 Å². The number of nitrogens with zero attached hydrogens (tertiary/aromatic N) is 1. The van der Waals surface area contributed by atoms with Crippen molar-refractivity contribution in [3.05, 3.63) is 23.8 Å². The van der Waals surface area contributed by atoms with Gasteiger partial charge in [0.15, 0.2) is 0 Å². The van der Waals surface area contributed by atoms with Crippen LogP contribution in [0.15, 0.2) is 18.2 Å². The molecule has 0 saturated carbocycles. The van der Waals surface area contributed by atoms with Crippen molar-refractivity contribution in [2.75, 3.05) is 21.3 Å². The van der Waals surface area contributed by atoms with E-state index in [9.17, 15) is 14.7 Å². The van der Waals surface area contributed by atoms with E-state index in [1.165, 1.54) is 33.4 Å². The third-order valence-electron chi connectivity index (χ3n) is 3.27. The number of hydrogen-bond donors (Lipinski definition) is 2. The number of methoxy groups -OCH3 is 1. The van der Waals surface area contributed by atoms with Crippen LogP contribution in [0.25, 0.3) is 0 Å². The topological polar surface area (TPSA) is 97.3 Å². The number of phenolic OH excluding ortho intramolecular Hbond substituents is 1. The minimum Gasteiger partial charge on any atom is -0.508 e. The number of aromatic hydroxyl groups is 1. The Morgan fingerprint density at radius 2 is 1.92 bits per heavy atom. The second-order valence-electron chi connectivity index (χ2n) is 6.42. The third kappa shape index (κ3) is 6.50. The van der Waals surface area contributed by atoms with Crippen LogP contribution in [0.5, 0.6) is 11.5 Å². The number of carbonyl (C=O) groups excluding carboxylic acids is 2. The molecule has 8 nitrogen and oxygen atoms in total. The van der Waals surface area contributed by atoms with Crippen LogP contribution in [-0.2, 0) is 20.8 Å². The highest BCUT2D eigenvalue weighted by Gasteiger charge is 2.28. The number of hydrogen-bond acceptors (Lipinski definition) is 6. The fraction of sp³-hybridized carbons (Fsp3) is 0.529. The van der Waals surface area contributed by atoms with E-state index in [0.717, 1.165) is 5.06 Å². The van der Waals surface area contributed by atoms with E-state index in [2.05, 4.69) is 5.32 Å². The first kappa shape index (κ1) is 20.6. The van der Waals surface area contributed by atoms with Gasteiger partial charge in [0.25, 0.3) is 5.91 Å². The third-order valence-corrected chi connectivity index (χ3v) is 3.27. The molecular weight excluding hydrogens is 328 g/mol. The van der Waals surface area contributed by atoms with Gasteiger partial charge >= 0.3 is 6.09 Å². The predicted octanol–water partition coefficient (Wildman–Crippen LogP) is 1.86. The molecule has 0 aromatic heterocycles. The van der Waals surface area contributed by atoms with Gasteiger partial charge in [-0.3, -0.25) is 9.63 Å². The zero-order valence-corrected chi connectivity index (χ0v) is 15.5. The quantitative estimate of drug-likeness (QED) is 0.757. The molecule has 0 saturated heterocycles. The lowest BCUT2D eigenvalue weighted by Crippen LogP contribution is -2.49. The van der Waals surface area contributed by atoms with Gasteiger partial charge in [0.05, 0.1) is 14.2 Å². The molecule has 2 N–H and O–H groups in total. The Bertz CT molecular complexity index is 612. The number of alkyl carbamates (subject to hydrolysis) is 1. The summed E-state index contributed by atoms with van der Waals surface area (Å²) in [5.41, 5.74) is -0.0552. The number of rotatable bonds is 6. The van der Waals surface area contributed by atoms with Crippen molar-refractivity contribution in [3.8, 4) is 11.5 Å². The SMILES string of the molecule is COc1cc(O)ccc1CC(NC(=O)OC(C)(C)C)C(=O)N(C)OC. The van der Waals surface area contributed by atoms with Crippen LogP contribution in [0.2, 0.25) is 0 Å². The molecular formula is C17H26N2O6. The Hall–Kier alpha value is -2.48. The van der Waals surface area contributed by atoms with Gasteiger partial charge in [-0.1, -0.05) is 6.07 Å². The summed E-state index contributed by atoms with van der Waals surface area (Å²) in [7, 11) is 4.25. The smallest absolute Gasteiger partial charge is 0.408 e. The van der Waals surface area contributed by atoms with Crippen LogP contribution in [0.1, 0.15) is 26.3 Å². The summed E-state index contributed by atoms with van der Waals surface area (Å²) in [6, 6.07) is 3.60. The van der Waals surface area contributed by atoms with Gasteiger partial charge in [0.1, 0.15) is 23.1 Å². The highest BCUT2D eigenvalue weighted by Crippen LogP contribution is 2.25. The lowest BCUT2D eigenvalue weighted by Gasteiger charge is -2.25. The molecule has 1 atom stereocenters. The van der Waals surface area contributed by atoms with Gasteiger partial charge < -0.3 is 19.9 Å². The first-order valence-electron chi connectivity index (χ1n) is 7.74. The maximum atomic E-state index is 12.5. The molecule has 0 heterocycles. The highest BCUT2D eigenvalue weighted by atomic mass is 16.7. The van der Waals surface area contributed by atoms with Crippen molar-refractivity contribution < 1.29 is 29.0 Å². The molecule has 25 heavy (non-hydrogen) atoms. The van der Waals surface area contributed by atoms with E-state index in [1.807, 2.05) is 0 Å². The average molecular weight is 354 g/mol. The minimum atomic E-state index is -0.932. The molecule has 1 aromatic carbocycles. The fourth-order valence-corrected chi connectivity index (χ4v) is 2.08. The molecule has 0 bridgehead atoms. The van der Waals surface area contributed by atoms with E-state index in [1.54, 1.807) is 26.8 Å². The largest absolute Gasteiger partial charge is 0.508 e. The van der Waals surface area contributed by atoms with Gasteiger partial charge in [-0.05, 0) is 32.4 Å². The van der Waals surface area contributed by atoms with Crippen molar-refractivity contribution in [2.45, 2.75) is 38.8 Å². The van der Waals surface area contributed by atoms with E-state index < -0.39 is 23.6 Å². The van der Waals surface area contributed by atoms with E-state index in [-0.39, 0.29) is 12.2 Å². The molecule has 1 aromatic rings. The predicted molar refractivity (Wildman–Crippen MR) is 91.3 cm³/mol. The molecule has 0 aliphatic rings. The number of benzene rings is 1. The van der Waals surface area contributed by atoms with E-state index in [0.29, 0.717) is 11.3 Å². The van der Waals surface area contributed by atoms with Crippen LogP contribution in [0.3, 0.4) is 0 Å². The molecule has 140 valence electrons. The summed E-state index contributed by atoms with van der Waals surface area (Å²) < 4.78 is 10.4. The second kappa shape index (κ2) is 8.57. The van der Waals surface area contributed by atoms with Gasteiger partial charge in [0, 0.05) is 19.5 Å². The Kier molecular flexibility index (Phi) is 7.05. The maximum Gasteiger partial charge on any atom is 0.408 e. The molecule has 2 amide bonds. The second-order valence-corrected chi connectivity index (χ2v) is 6.42. The lowest BCUT2D eigenvalue weighted by molar-refractivity contribution is -0.171. The maximum absolute atomic E-state index is 12.5. The molecule has 0 spiro atoms. The summed E-state index contributed by atoms with van der Waals surface area (Å²) in [5, 5.41) is 13.1. The van der Waals surface area contributed by atoms with Gasteiger partial charge in [-0.25, -0.2) is 9.86 Å². The molecule has 0 aliphatic carbocycles. The minimum absolute atomic E-state index is 0.0394. The Balaban J connectivity index is 3.03. The monoisotopic (exact) mass is 354 g/mol. The van der Waals surface area contributed by atoms with Crippen molar-refractivity contribution in [1.82, 2.24) is 10.4 Å². The van der Waals surface area contributed by atoms with E-state index in [4.69, 9.17) is 14.3 Å². The molecule has 0 aliphatic heterocycles. The summed E-state index contributed by atoms with van der Waals surface area (Å²) in [6.45, 7) is 5.19. The zero-order chi connectivity index (χ0) is 19.2. The number of carbonyl (C=O) groups is 2. The van der Waals surface area contributed by atoms with Gasteiger partial charge in [-0.2, -0.15) is 0 Å². The fourth-order valence-electron chi connectivity index (χ4n) is 2.08. The van der Waals surface area contributed by atoms with Crippen LogP contribution < -0.4 is 10.1 Å². The highest BCUT2D eigenvalue weighted by molar-refractivity contribution is 5.85. The first-order valence-corrected chi connectivity index (χ1v) is 7.74. The Morgan fingerprint density at radius 3 is 2.44 bits per heavy atom. The van der Waals surface area contributed by atoms with E-state index >= 15 is 0 Å². The summed E-state index contributed by atoms with van der Waals surface area (Å²) >= 11 is 0. The standard InChI is InChI=1S/C17H26N2O6/c1-17(2,3)25-16(22)18-13(15(21)19(4)24-6)9-11-7-8-12(20)10-14(11)23-5/h7-8,10,13,20H,9H2,1-6H3,(H,18,22). The summed E-state index contributed by atoms with van der Waals surface area (Å²) in [4.78, 5) is 29.5.